The van der Waals surface area contributed by atoms with E-state index in [2.05, 4.69) is 4.98 Å². The van der Waals surface area contributed by atoms with E-state index < -0.39 is 15.5 Å². The van der Waals surface area contributed by atoms with Crippen molar-refractivity contribution in [2.24, 2.45) is 0 Å². The van der Waals surface area contributed by atoms with Gasteiger partial charge in [-0.05, 0) is 43.0 Å². The van der Waals surface area contributed by atoms with Crippen LogP contribution in [0.25, 0.3) is 0 Å². The van der Waals surface area contributed by atoms with Gasteiger partial charge in [0, 0.05) is 36.5 Å². The van der Waals surface area contributed by atoms with Gasteiger partial charge in [0.05, 0.1) is 27.1 Å². The van der Waals surface area contributed by atoms with Crippen LogP contribution in [0.3, 0.4) is 0 Å². The van der Waals surface area contributed by atoms with E-state index in [-0.39, 0.29) is 18.1 Å². The summed E-state index contributed by atoms with van der Waals surface area (Å²) in [5, 5.41) is 0. The van der Waals surface area contributed by atoms with Gasteiger partial charge in [-0.25, -0.2) is 0 Å². The molecule has 0 bridgehead atoms. The predicted molar refractivity (Wildman–Crippen MR) is 118 cm³/mol. The average molecular weight is 465 g/mol. The zero-order valence-electron chi connectivity index (χ0n) is 18.4. The molecule has 0 aliphatic carbocycles. The van der Waals surface area contributed by atoms with Crippen molar-refractivity contribution in [3.8, 4) is 17.2 Å². The minimum absolute atomic E-state index is 0.190. The third-order valence-corrected chi connectivity index (χ3v) is 6.69. The lowest BCUT2D eigenvalue weighted by molar-refractivity contribution is 0.0781. The van der Waals surface area contributed by atoms with Crippen LogP contribution in [0.2, 0.25) is 0 Å². The first-order chi connectivity index (χ1) is 15.2. The van der Waals surface area contributed by atoms with E-state index in [0.29, 0.717) is 48.7 Å². The second-order valence-electron chi connectivity index (χ2n) is 7.80. The van der Waals surface area contributed by atoms with Crippen molar-refractivity contribution in [2.75, 3.05) is 40.2 Å². The summed E-state index contributed by atoms with van der Waals surface area (Å²) in [7, 11) is 0.422. The minimum atomic E-state index is -4.06. The molecule has 1 saturated heterocycles. The molecule has 1 atom stereocenters. The molecule has 10 heteroatoms. The standard InChI is InChI=1S/C22H28N2O7S/c1-29-18-12-16(13-19(30-2)20(18)31-3)21(25)24-10-8-22(15-24,7-5-11-32(26,27)28)17-6-4-9-23-14-17/h4,6,9,12-14H,5,7-8,10-11,15H2,1-3H3,(H,26,27,28). The van der Waals surface area contributed by atoms with Crippen LogP contribution in [0.4, 0.5) is 0 Å². The lowest BCUT2D eigenvalue weighted by atomic mass is 9.77. The molecule has 1 N–H and O–H groups in total. The third-order valence-electron chi connectivity index (χ3n) is 5.88. The summed E-state index contributed by atoms with van der Waals surface area (Å²) in [5.41, 5.74) is 0.893. The summed E-state index contributed by atoms with van der Waals surface area (Å²) in [6.07, 6.45) is 4.85. The Morgan fingerprint density at radius 3 is 2.41 bits per heavy atom. The van der Waals surface area contributed by atoms with Crippen LogP contribution in [0.5, 0.6) is 17.2 Å². The molecule has 0 spiro atoms. The van der Waals surface area contributed by atoms with Crippen LogP contribution in [0.1, 0.15) is 35.2 Å². The molecule has 1 fully saturated rings. The largest absolute Gasteiger partial charge is 0.493 e. The Morgan fingerprint density at radius 1 is 1.19 bits per heavy atom. The Bertz CT molecular complexity index is 1030. The molecule has 1 aromatic carbocycles. The summed E-state index contributed by atoms with van der Waals surface area (Å²) >= 11 is 0. The van der Waals surface area contributed by atoms with Crippen LogP contribution in [0.15, 0.2) is 36.7 Å². The van der Waals surface area contributed by atoms with Gasteiger partial charge >= 0.3 is 0 Å². The summed E-state index contributed by atoms with van der Waals surface area (Å²) in [6.45, 7) is 0.899. The number of pyridine rings is 1. The number of aromatic nitrogens is 1. The van der Waals surface area contributed by atoms with E-state index in [1.54, 1.807) is 29.4 Å². The van der Waals surface area contributed by atoms with Crippen molar-refractivity contribution in [2.45, 2.75) is 24.7 Å². The second kappa shape index (κ2) is 9.74. The maximum absolute atomic E-state index is 13.4. The lowest BCUT2D eigenvalue weighted by Crippen LogP contribution is -2.35. The fourth-order valence-corrected chi connectivity index (χ4v) is 4.80. The van der Waals surface area contributed by atoms with Crippen molar-refractivity contribution >= 4 is 16.0 Å². The van der Waals surface area contributed by atoms with Gasteiger partial charge in [0.25, 0.3) is 16.0 Å². The molecule has 3 rings (SSSR count). The van der Waals surface area contributed by atoms with Crippen LogP contribution >= 0.6 is 0 Å². The number of amides is 1. The maximum Gasteiger partial charge on any atom is 0.264 e. The van der Waals surface area contributed by atoms with Gasteiger partial charge in [-0.3, -0.25) is 14.3 Å². The Kier molecular flexibility index (Phi) is 7.25. The van der Waals surface area contributed by atoms with Crippen molar-refractivity contribution in [3.63, 3.8) is 0 Å². The van der Waals surface area contributed by atoms with Crippen molar-refractivity contribution < 1.29 is 32.0 Å². The molecular formula is C22H28N2O7S. The molecule has 1 aromatic heterocycles. The van der Waals surface area contributed by atoms with Crippen LogP contribution in [-0.2, 0) is 15.5 Å². The molecule has 9 nitrogen and oxygen atoms in total. The van der Waals surface area contributed by atoms with Gasteiger partial charge in [0.2, 0.25) is 5.75 Å². The normalized spacial score (nSPS) is 18.4. The van der Waals surface area contributed by atoms with E-state index >= 15 is 0 Å². The van der Waals surface area contributed by atoms with E-state index in [4.69, 9.17) is 18.8 Å². The number of nitrogens with zero attached hydrogens (tertiary/aromatic N) is 2. The highest BCUT2D eigenvalue weighted by Crippen LogP contribution is 2.41. The number of rotatable bonds is 9. The van der Waals surface area contributed by atoms with Crippen molar-refractivity contribution in [1.82, 2.24) is 9.88 Å². The number of carbonyl (C=O) groups is 1. The van der Waals surface area contributed by atoms with E-state index in [0.717, 1.165) is 5.56 Å². The molecule has 0 radical (unpaired) electrons. The number of carbonyl (C=O) groups excluding carboxylic acids is 1. The Balaban J connectivity index is 1.88. The maximum atomic E-state index is 13.4. The smallest absolute Gasteiger partial charge is 0.264 e. The zero-order valence-corrected chi connectivity index (χ0v) is 19.2. The van der Waals surface area contributed by atoms with Crippen molar-refractivity contribution in [3.05, 3.63) is 47.8 Å². The van der Waals surface area contributed by atoms with E-state index in [9.17, 15) is 13.2 Å². The minimum Gasteiger partial charge on any atom is -0.493 e. The molecule has 2 heterocycles. The number of hydrogen-bond donors (Lipinski definition) is 1. The predicted octanol–water partition coefficient (Wildman–Crippen LogP) is 2.56. The molecule has 32 heavy (non-hydrogen) atoms. The van der Waals surface area contributed by atoms with E-state index in [1.165, 1.54) is 21.3 Å². The first-order valence-electron chi connectivity index (χ1n) is 10.2. The summed E-state index contributed by atoms with van der Waals surface area (Å²) < 4.78 is 47.6. The van der Waals surface area contributed by atoms with Gasteiger partial charge < -0.3 is 19.1 Å². The fourth-order valence-electron chi connectivity index (χ4n) is 4.29. The highest BCUT2D eigenvalue weighted by Gasteiger charge is 2.41. The van der Waals surface area contributed by atoms with Crippen molar-refractivity contribution in [1.29, 1.82) is 0 Å². The molecule has 1 unspecified atom stereocenters. The SMILES string of the molecule is COc1cc(C(=O)N2CCC(CCCS(=O)(=O)O)(c3cccnc3)C2)cc(OC)c1OC. The van der Waals surface area contributed by atoms with Gasteiger partial charge in [-0.1, -0.05) is 6.07 Å². The third kappa shape index (κ3) is 5.13. The van der Waals surface area contributed by atoms with E-state index in [1.807, 2.05) is 12.1 Å². The number of methoxy groups -OCH3 is 3. The lowest BCUT2D eigenvalue weighted by Gasteiger charge is -2.30. The highest BCUT2D eigenvalue weighted by molar-refractivity contribution is 7.85. The van der Waals surface area contributed by atoms with Crippen LogP contribution in [-0.4, -0.2) is 68.9 Å². The molecule has 1 aliphatic heterocycles. The second-order valence-corrected chi connectivity index (χ2v) is 9.37. The monoisotopic (exact) mass is 464 g/mol. The Morgan fingerprint density at radius 2 is 1.88 bits per heavy atom. The highest BCUT2D eigenvalue weighted by atomic mass is 32.2. The zero-order chi connectivity index (χ0) is 23.4. The molecule has 1 aliphatic rings. The first kappa shape index (κ1) is 23.8. The number of ether oxygens (including phenoxy) is 3. The summed E-state index contributed by atoms with van der Waals surface area (Å²) in [5.74, 6) is 0.672. The number of likely N-dealkylation sites (tertiary alicyclic amines) is 1. The van der Waals surface area contributed by atoms with Gasteiger partial charge in [0.1, 0.15) is 0 Å². The van der Waals surface area contributed by atoms with Crippen LogP contribution in [0, 0.1) is 0 Å². The van der Waals surface area contributed by atoms with Gasteiger partial charge in [-0.15, -0.1) is 0 Å². The molecule has 2 aromatic rings. The average Bonchev–Trinajstić information content (AvgIpc) is 3.22. The topological polar surface area (TPSA) is 115 Å². The Hall–Kier alpha value is -2.85. The van der Waals surface area contributed by atoms with Crippen LogP contribution < -0.4 is 14.2 Å². The molecular weight excluding hydrogens is 436 g/mol. The number of benzene rings is 1. The molecule has 174 valence electrons. The molecule has 1 amide bonds. The summed E-state index contributed by atoms with van der Waals surface area (Å²) in [6, 6.07) is 7.00. The quantitative estimate of drug-likeness (QED) is 0.563. The fraction of sp³-hybridized carbons (Fsp3) is 0.455. The summed E-state index contributed by atoms with van der Waals surface area (Å²) in [4.78, 5) is 19.3. The Labute approximate surface area is 188 Å². The van der Waals surface area contributed by atoms with Gasteiger partial charge in [0.15, 0.2) is 11.5 Å². The molecule has 0 saturated carbocycles. The number of hydrogen-bond acceptors (Lipinski definition) is 7. The first-order valence-corrected chi connectivity index (χ1v) is 11.8. The van der Waals surface area contributed by atoms with Gasteiger partial charge in [-0.2, -0.15) is 8.42 Å².